The second kappa shape index (κ2) is 8.37. The van der Waals surface area contributed by atoms with Gasteiger partial charge in [-0.25, -0.2) is 4.39 Å². The van der Waals surface area contributed by atoms with Crippen molar-refractivity contribution in [2.24, 2.45) is 0 Å². The molecule has 1 fully saturated rings. The van der Waals surface area contributed by atoms with E-state index in [1.54, 1.807) is 17.9 Å². The molecule has 4 rings (SSSR count). The summed E-state index contributed by atoms with van der Waals surface area (Å²) < 4.78 is 19.3. The van der Waals surface area contributed by atoms with Crippen LogP contribution in [0.3, 0.4) is 0 Å². The molecule has 1 aliphatic heterocycles. The molecule has 0 aromatic heterocycles. The van der Waals surface area contributed by atoms with Crippen LogP contribution >= 0.6 is 0 Å². The van der Waals surface area contributed by atoms with Crippen molar-refractivity contribution in [2.45, 2.75) is 13.0 Å². The van der Waals surface area contributed by atoms with Gasteiger partial charge in [-0.05, 0) is 61.5 Å². The van der Waals surface area contributed by atoms with E-state index in [4.69, 9.17) is 4.74 Å². The zero-order valence-corrected chi connectivity index (χ0v) is 16.5. The van der Waals surface area contributed by atoms with Crippen LogP contribution in [0.4, 0.5) is 10.1 Å². The van der Waals surface area contributed by atoms with Crippen LogP contribution in [0.25, 0.3) is 0 Å². The molecule has 1 heterocycles. The summed E-state index contributed by atoms with van der Waals surface area (Å²) in [5.41, 5.74) is 0.982. The predicted octanol–water partition coefficient (Wildman–Crippen LogP) is 4.50. The molecule has 3 aromatic rings. The van der Waals surface area contributed by atoms with Crippen molar-refractivity contribution in [3.8, 4) is 11.5 Å². The number of benzene rings is 3. The van der Waals surface area contributed by atoms with E-state index in [2.05, 4.69) is 0 Å². The van der Waals surface area contributed by atoms with E-state index < -0.39 is 11.9 Å². The van der Waals surface area contributed by atoms with Crippen LogP contribution in [0, 0.1) is 5.82 Å². The highest BCUT2D eigenvalue weighted by Crippen LogP contribution is 2.26. The summed E-state index contributed by atoms with van der Waals surface area (Å²) in [5, 5.41) is 0. The number of hydrogen-bond acceptors (Lipinski definition) is 3. The Balaban J connectivity index is 1.45. The zero-order valence-electron chi connectivity index (χ0n) is 16.5. The number of halogens is 1. The Morgan fingerprint density at radius 2 is 1.63 bits per heavy atom. The van der Waals surface area contributed by atoms with Crippen LogP contribution in [0.2, 0.25) is 0 Å². The summed E-state index contributed by atoms with van der Waals surface area (Å²) in [6.45, 7) is 2.42. The standard InChI is InChI=1S/C24H21FN2O3/c1-17-23(28)27(15-14-26(17)24(29)18-6-5-7-19(25)16-18)20-10-12-22(13-11-20)30-21-8-3-2-4-9-21/h2-13,16-17H,14-15H2,1H3/t17-/m0/s1. The maximum Gasteiger partial charge on any atom is 0.254 e. The van der Waals surface area contributed by atoms with Crippen LogP contribution < -0.4 is 9.64 Å². The van der Waals surface area contributed by atoms with Crippen molar-refractivity contribution in [2.75, 3.05) is 18.0 Å². The molecule has 0 radical (unpaired) electrons. The molecule has 0 unspecified atom stereocenters. The molecular formula is C24H21FN2O3. The average molecular weight is 404 g/mol. The van der Waals surface area contributed by atoms with E-state index in [0.717, 1.165) is 11.4 Å². The normalized spacial score (nSPS) is 16.5. The predicted molar refractivity (Wildman–Crippen MR) is 112 cm³/mol. The van der Waals surface area contributed by atoms with E-state index in [-0.39, 0.29) is 17.4 Å². The molecule has 6 heteroatoms. The van der Waals surface area contributed by atoms with Crippen molar-refractivity contribution >= 4 is 17.5 Å². The van der Waals surface area contributed by atoms with Gasteiger partial charge in [0.2, 0.25) is 5.91 Å². The lowest BCUT2D eigenvalue weighted by atomic mass is 10.1. The Labute approximate surface area is 174 Å². The zero-order chi connectivity index (χ0) is 21.1. The second-order valence-corrected chi connectivity index (χ2v) is 7.08. The highest BCUT2D eigenvalue weighted by Gasteiger charge is 2.35. The van der Waals surface area contributed by atoms with Gasteiger partial charge in [0, 0.05) is 24.3 Å². The van der Waals surface area contributed by atoms with Crippen LogP contribution in [0.1, 0.15) is 17.3 Å². The van der Waals surface area contributed by atoms with Crippen molar-refractivity contribution in [1.82, 2.24) is 4.90 Å². The number of para-hydroxylation sites is 1. The van der Waals surface area contributed by atoms with Gasteiger partial charge in [-0.2, -0.15) is 0 Å². The van der Waals surface area contributed by atoms with Crippen molar-refractivity contribution in [3.63, 3.8) is 0 Å². The summed E-state index contributed by atoms with van der Waals surface area (Å²) in [6, 6.07) is 21.6. The minimum Gasteiger partial charge on any atom is -0.457 e. The third-order valence-electron chi connectivity index (χ3n) is 5.12. The quantitative estimate of drug-likeness (QED) is 0.644. The number of nitrogens with zero attached hydrogens (tertiary/aromatic N) is 2. The molecule has 2 amide bonds. The molecule has 1 aliphatic rings. The molecule has 0 spiro atoms. The third kappa shape index (κ3) is 4.03. The van der Waals surface area contributed by atoms with Gasteiger partial charge in [0.15, 0.2) is 0 Å². The number of amides is 2. The largest absolute Gasteiger partial charge is 0.457 e. The Hall–Kier alpha value is -3.67. The minimum absolute atomic E-state index is 0.178. The molecule has 1 saturated heterocycles. The lowest BCUT2D eigenvalue weighted by Gasteiger charge is -2.39. The Bertz CT molecular complexity index is 1050. The van der Waals surface area contributed by atoms with Gasteiger partial charge >= 0.3 is 0 Å². The van der Waals surface area contributed by atoms with Gasteiger partial charge in [0.1, 0.15) is 23.4 Å². The summed E-state index contributed by atoms with van der Waals surface area (Å²) >= 11 is 0. The number of hydrogen-bond donors (Lipinski definition) is 0. The Morgan fingerprint density at radius 1 is 0.933 bits per heavy atom. The van der Waals surface area contributed by atoms with E-state index in [1.807, 2.05) is 54.6 Å². The number of piperazine rings is 1. The summed E-state index contributed by atoms with van der Waals surface area (Å²) in [5.74, 6) is 0.408. The number of carbonyl (C=O) groups is 2. The maximum atomic E-state index is 13.5. The lowest BCUT2D eigenvalue weighted by Crippen LogP contribution is -2.57. The number of ether oxygens (including phenoxy) is 1. The van der Waals surface area contributed by atoms with E-state index in [1.165, 1.54) is 23.1 Å². The highest BCUT2D eigenvalue weighted by atomic mass is 19.1. The van der Waals surface area contributed by atoms with E-state index in [9.17, 15) is 14.0 Å². The summed E-state index contributed by atoms with van der Waals surface area (Å²) in [7, 11) is 0. The first-order valence-electron chi connectivity index (χ1n) is 9.74. The van der Waals surface area contributed by atoms with Crippen molar-refractivity contribution < 1.29 is 18.7 Å². The van der Waals surface area contributed by atoms with Gasteiger partial charge in [0.05, 0.1) is 0 Å². The molecule has 0 bridgehead atoms. The first kappa shape index (κ1) is 19.6. The SMILES string of the molecule is C[C@H]1C(=O)N(c2ccc(Oc3ccccc3)cc2)CCN1C(=O)c1cccc(F)c1. The van der Waals surface area contributed by atoms with Gasteiger partial charge < -0.3 is 14.5 Å². The fourth-order valence-corrected chi connectivity index (χ4v) is 3.51. The number of anilines is 1. The molecule has 0 saturated carbocycles. The van der Waals surface area contributed by atoms with E-state index in [0.29, 0.717) is 18.8 Å². The smallest absolute Gasteiger partial charge is 0.254 e. The van der Waals surface area contributed by atoms with Crippen LogP contribution in [0.15, 0.2) is 78.9 Å². The maximum absolute atomic E-state index is 13.5. The number of carbonyl (C=O) groups excluding carboxylic acids is 2. The van der Waals surface area contributed by atoms with Crippen molar-refractivity contribution in [3.05, 3.63) is 90.2 Å². The monoisotopic (exact) mass is 404 g/mol. The van der Waals surface area contributed by atoms with Gasteiger partial charge in [-0.3, -0.25) is 9.59 Å². The number of rotatable bonds is 4. The molecule has 30 heavy (non-hydrogen) atoms. The second-order valence-electron chi connectivity index (χ2n) is 7.08. The minimum atomic E-state index is -0.644. The van der Waals surface area contributed by atoms with Crippen LogP contribution in [-0.2, 0) is 4.79 Å². The molecular weight excluding hydrogens is 383 g/mol. The Kier molecular flexibility index (Phi) is 5.48. The molecule has 5 nitrogen and oxygen atoms in total. The molecule has 0 aliphatic carbocycles. The fraction of sp³-hybridized carbons (Fsp3) is 0.167. The van der Waals surface area contributed by atoms with E-state index >= 15 is 0 Å². The topological polar surface area (TPSA) is 49.9 Å². The average Bonchev–Trinajstić information content (AvgIpc) is 2.77. The van der Waals surface area contributed by atoms with Crippen molar-refractivity contribution in [1.29, 1.82) is 0 Å². The van der Waals surface area contributed by atoms with Crippen LogP contribution in [-0.4, -0.2) is 35.8 Å². The van der Waals surface area contributed by atoms with Gasteiger partial charge in [0.25, 0.3) is 5.91 Å². The molecule has 0 N–H and O–H groups in total. The molecule has 3 aromatic carbocycles. The Morgan fingerprint density at radius 3 is 2.33 bits per heavy atom. The molecule has 152 valence electrons. The van der Waals surface area contributed by atoms with Gasteiger partial charge in [-0.1, -0.05) is 24.3 Å². The van der Waals surface area contributed by atoms with Crippen LogP contribution in [0.5, 0.6) is 11.5 Å². The lowest BCUT2D eigenvalue weighted by molar-refractivity contribution is -0.124. The summed E-state index contributed by atoms with van der Waals surface area (Å²) in [4.78, 5) is 28.8. The summed E-state index contributed by atoms with van der Waals surface area (Å²) in [6.07, 6.45) is 0. The fourth-order valence-electron chi connectivity index (χ4n) is 3.51. The van der Waals surface area contributed by atoms with Gasteiger partial charge in [-0.15, -0.1) is 0 Å². The first-order valence-corrected chi connectivity index (χ1v) is 9.74. The first-order chi connectivity index (χ1) is 14.5. The third-order valence-corrected chi connectivity index (χ3v) is 5.12. The molecule has 1 atom stereocenters. The highest BCUT2D eigenvalue weighted by molar-refractivity contribution is 6.03.